The van der Waals surface area contributed by atoms with Gasteiger partial charge in [0.05, 0.1) is 4.47 Å². The summed E-state index contributed by atoms with van der Waals surface area (Å²) in [5.41, 5.74) is 2.01. The molecule has 0 heterocycles. The van der Waals surface area contributed by atoms with Crippen LogP contribution < -0.4 is 10.1 Å². The lowest BCUT2D eigenvalue weighted by molar-refractivity contribution is -0.112. The van der Waals surface area contributed by atoms with Crippen molar-refractivity contribution in [2.75, 3.05) is 5.32 Å². The maximum Gasteiger partial charge on any atom is 0.266 e. The first-order chi connectivity index (χ1) is 14.4. The summed E-state index contributed by atoms with van der Waals surface area (Å²) >= 11 is 6.86. The Balaban J connectivity index is 1.69. The molecule has 1 N–H and O–H groups in total. The summed E-state index contributed by atoms with van der Waals surface area (Å²) in [7, 11) is 0. The van der Waals surface area contributed by atoms with Gasteiger partial charge in [-0.1, -0.05) is 34.1 Å². The summed E-state index contributed by atoms with van der Waals surface area (Å²) in [6, 6.07) is 20.3. The molecule has 4 nitrogen and oxygen atoms in total. The van der Waals surface area contributed by atoms with Crippen LogP contribution in [0.2, 0.25) is 0 Å². The van der Waals surface area contributed by atoms with Crippen LogP contribution in [0.1, 0.15) is 11.1 Å². The molecule has 150 valence electrons. The normalized spacial score (nSPS) is 10.9. The Hall–Kier alpha value is -2.95. The third-order valence-corrected chi connectivity index (χ3v) is 5.19. The predicted octanol–water partition coefficient (Wildman–Crippen LogP) is 6.48. The lowest BCUT2D eigenvalue weighted by atomic mass is 10.1. The second kappa shape index (κ2) is 10.2. The molecular weight excluding hydrogens is 515 g/mol. The van der Waals surface area contributed by atoms with Crippen molar-refractivity contribution >= 4 is 49.5 Å². The number of nitrogens with one attached hydrogen (secondary N) is 1. The third kappa shape index (κ3) is 6.02. The second-order valence-corrected chi connectivity index (χ2v) is 8.01. The minimum absolute atomic E-state index is 0.0743. The van der Waals surface area contributed by atoms with Crippen molar-refractivity contribution < 1.29 is 13.9 Å². The summed E-state index contributed by atoms with van der Waals surface area (Å²) in [4.78, 5) is 12.3. The first kappa shape index (κ1) is 21.8. The van der Waals surface area contributed by atoms with Crippen molar-refractivity contribution in [3.63, 3.8) is 0 Å². The van der Waals surface area contributed by atoms with Gasteiger partial charge in [0.1, 0.15) is 29.8 Å². The van der Waals surface area contributed by atoms with E-state index in [1.807, 2.05) is 30.3 Å². The number of anilines is 1. The SMILES string of the molecule is N#C/C(=C/c1ccc(OCc2ccc(Br)cc2)c(Br)c1)C(=O)Nc1ccc(F)cc1. The monoisotopic (exact) mass is 528 g/mol. The van der Waals surface area contributed by atoms with Crippen LogP contribution in [0.5, 0.6) is 5.75 Å². The zero-order valence-electron chi connectivity index (χ0n) is 15.5. The van der Waals surface area contributed by atoms with Crippen molar-refractivity contribution in [2.24, 2.45) is 0 Å². The van der Waals surface area contributed by atoms with Crippen LogP contribution in [0.3, 0.4) is 0 Å². The van der Waals surface area contributed by atoms with Crippen LogP contribution in [0.25, 0.3) is 6.08 Å². The zero-order valence-corrected chi connectivity index (χ0v) is 18.7. The Morgan fingerprint density at radius 3 is 2.40 bits per heavy atom. The van der Waals surface area contributed by atoms with Gasteiger partial charge in [-0.2, -0.15) is 5.26 Å². The van der Waals surface area contributed by atoms with Crippen molar-refractivity contribution in [1.82, 2.24) is 0 Å². The van der Waals surface area contributed by atoms with E-state index < -0.39 is 11.7 Å². The van der Waals surface area contributed by atoms with Crippen LogP contribution in [-0.4, -0.2) is 5.91 Å². The van der Waals surface area contributed by atoms with Gasteiger partial charge in [0.15, 0.2) is 0 Å². The smallest absolute Gasteiger partial charge is 0.266 e. The number of carbonyl (C=O) groups is 1. The average molecular weight is 530 g/mol. The van der Waals surface area contributed by atoms with Gasteiger partial charge in [-0.25, -0.2) is 4.39 Å². The van der Waals surface area contributed by atoms with Gasteiger partial charge < -0.3 is 10.1 Å². The first-order valence-electron chi connectivity index (χ1n) is 8.80. The molecule has 0 unspecified atom stereocenters. The van der Waals surface area contributed by atoms with Gasteiger partial charge in [0, 0.05) is 10.2 Å². The molecule has 3 rings (SSSR count). The van der Waals surface area contributed by atoms with E-state index in [4.69, 9.17) is 4.74 Å². The minimum atomic E-state index is -0.573. The van der Waals surface area contributed by atoms with Crippen LogP contribution >= 0.6 is 31.9 Å². The van der Waals surface area contributed by atoms with Gasteiger partial charge in [-0.15, -0.1) is 0 Å². The quantitative estimate of drug-likeness (QED) is 0.294. The summed E-state index contributed by atoms with van der Waals surface area (Å²) in [5, 5.41) is 11.9. The highest BCUT2D eigenvalue weighted by Gasteiger charge is 2.11. The van der Waals surface area contributed by atoms with E-state index >= 15 is 0 Å². The molecule has 0 saturated heterocycles. The first-order valence-corrected chi connectivity index (χ1v) is 10.4. The van der Waals surface area contributed by atoms with E-state index in [1.54, 1.807) is 18.2 Å². The summed E-state index contributed by atoms with van der Waals surface area (Å²) in [6.45, 7) is 0.407. The number of hydrogen-bond donors (Lipinski definition) is 1. The number of rotatable bonds is 6. The molecule has 0 saturated carbocycles. The number of nitrogens with zero attached hydrogens (tertiary/aromatic N) is 1. The summed E-state index contributed by atoms with van der Waals surface area (Å²) in [5.74, 6) is -0.337. The molecule has 0 atom stereocenters. The van der Waals surface area contributed by atoms with E-state index in [0.29, 0.717) is 28.1 Å². The largest absolute Gasteiger partial charge is 0.488 e. The van der Waals surface area contributed by atoms with Crippen molar-refractivity contribution in [3.8, 4) is 11.8 Å². The van der Waals surface area contributed by atoms with Crippen molar-refractivity contribution in [1.29, 1.82) is 5.26 Å². The topological polar surface area (TPSA) is 62.1 Å². The number of halogens is 3. The van der Waals surface area contributed by atoms with Gasteiger partial charge in [0.25, 0.3) is 5.91 Å². The lowest BCUT2D eigenvalue weighted by Crippen LogP contribution is -2.13. The standard InChI is InChI=1S/C23H15Br2FN2O2/c24-18-4-1-15(2-5-18)14-30-22-10-3-16(12-21(22)25)11-17(13-27)23(29)28-20-8-6-19(26)7-9-20/h1-12H,14H2,(H,28,29)/b17-11-. The van der Waals surface area contributed by atoms with Crippen LogP contribution in [-0.2, 0) is 11.4 Å². The molecule has 30 heavy (non-hydrogen) atoms. The van der Waals surface area contributed by atoms with E-state index in [9.17, 15) is 14.4 Å². The van der Waals surface area contributed by atoms with Gasteiger partial charge in [0.2, 0.25) is 0 Å². The fourth-order valence-corrected chi connectivity index (χ4v) is 3.29. The molecule has 0 aliphatic heterocycles. The maximum atomic E-state index is 13.0. The van der Waals surface area contributed by atoms with Gasteiger partial charge >= 0.3 is 0 Å². The molecule has 0 aliphatic carbocycles. The third-order valence-electron chi connectivity index (χ3n) is 4.04. The zero-order chi connectivity index (χ0) is 21.5. The van der Waals surface area contributed by atoms with E-state index in [-0.39, 0.29) is 5.57 Å². The number of nitriles is 1. The number of benzene rings is 3. The molecule has 1 amide bonds. The van der Waals surface area contributed by atoms with Crippen LogP contribution in [0, 0.1) is 17.1 Å². The highest BCUT2D eigenvalue weighted by molar-refractivity contribution is 9.10. The number of carbonyl (C=O) groups excluding carboxylic acids is 1. The molecule has 0 fully saturated rings. The molecule has 0 aromatic heterocycles. The fourth-order valence-electron chi connectivity index (χ4n) is 2.51. The molecule has 0 radical (unpaired) electrons. The lowest BCUT2D eigenvalue weighted by Gasteiger charge is -2.09. The number of ether oxygens (including phenoxy) is 1. The molecule has 3 aromatic carbocycles. The Bertz CT molecular complexity index is 1120. The van der Waals surface area contributed by atoms with Crippen LogP contribution in [0.15, 0.2) is 81.2 Å². The Morgan fingerprint density at radius 2 is 1.77 bits per heavy atom. The molecule has 0 spiro atoms. The number of hydrogen-bond acceptors (Lipinski definition) is 3. The maximum absolute atomic E-state index is 13.0. The molecule has 0 aliphatic rings. The van der Waals surface area contributed by atoms with Gasteiger partial charge in [-0.05, 0) is 81.7 Å². The highest BCUT2D eigenvalue weighted by Crippen LogP contribution is 2.28. The summed E-state index contributed by atoms with van der Waals surface area (Å²) < 4.78 is 20.5. The number of amides is 1. The van der Waals surface area contributed by atoms with Crippen molar-refractivity contribution in [3.05, 3.63) is 98.2 Å². The fraction of sp³-hybridized carbons (Fsp3) is 0.0435. The van der Waals surface area contributed by atoms with Crippen molar-refractivity contribution in [2.45, 2.75) is 6.61 Å². The van der Waals surface area contributed by atoms with E-state index in [1.165, 1.54) is 30.3 Å². The molecular formula is C23H15Br2FN2O2. The highest BCUT2D eigenvalue weighted by atomic mass is 79.9. The minimum Gasteiger partial charge on any atom is -0.488 e. The molecule has 7 heteroatoms. The van der Waals surface area contributed by atoms with Crippen LogP contribution in [0.4, 0.5) is 10.1 Å². The Kier molecular flexibility index (Phi) is 7.39. The molecule has 3 aromatic rings. The predicted molar refractivity (Wildman–Crippen MR) is 121 cm³/mol. The second-order valence-electron chi connectivity index (χ2n) is 6.24. The average Bonchev–Trinajstić information content (AvgIpc) is 2.74. The Labute approximate surface area is 190 Å². The Morgan fingerprint density at radius 1 is 1.07 bits per heavy atom. The summed E-state index contributed by atoms with van der Waals surface area (Å²) in [6.07, 6.45) is 1.47. The van der Waals surface area contributed by atoms with Gasteiger partial charge in [-0.3, -0.25) is 4.79 Å². The molecule has 0 bridgehead atoms. The van der Waals surface area contributed by atoms with E-state index in [2.05, 4.69) is 37.2 Å². The van der Waals surface area contributed by atoms with E-state index in [0.717, 1.165) is 10.0 Å².